The number of nitrogens with one attached hydrogen (secondary N) is 1. The number of imidazole rings is 1. The lowest BCUT2D eigenvalue weighted by Crippen LogP contribution is -2.39. The number of fused-ring (bicyclic) bond motifs is 3. The molecule has 0 spiro atoms. The number of halogens is 2. The van der Waals surface area contributed by atoms with Crippen molar-refractivity contribution < 1.29 is 18.3 Å². The maximum Gasteiger partial charge on any atom is 0.416 e. The van der Waals surface area contributed by atoms with E-state index in [-0.39, 0.29) is 24.3 Å². The van der Waals surface area contributed by atoms with Crippen LogP contribution >= 0.6 is 0 Å². The SMILES string of the molecule is C[C@H](Nc1nccc(N2C(=O)OC[C@@H]2[C@H](C)F)n1)c1ncn2c1CCc1cc(F)ccc1-2. The maximum absolute atomic E-state index is 13.9. The van der Waals surface area contributed by atoms with E-state index in [9.17, 15) is 13.6 Å². The van der Waals surface area contributed by atoms with E-state index < -0.39 is 18.3 Å². The number of rotatable bonds is 5. The Balaban J connectivity index is 1.39. The third-order valence-electron chi connectivity index (χ3n) is 5.91. The molecule has 0 bridgehead atoms. The zero-order chi connectivity index (χ0) is 22.4. The lowest BCUT2D eigenvalue weighted by atomic mass is 9.99. The molecule has 2 aliphatic rings. The number of amides is 1. The number of cyclic esters (lactones) is 1. The normalized spacial score (nSPS) is 19.2. The highest BCUT2D eigenvalue weighted by Crippen LogP contribution is 2.31. The summed E-state index contributed by atoms with van der Waals surface area (Å²) in [6.45, 7) is 3.30. The van der Waals surface area contributed by atoms with Gasteiger partial charge in [-0.25, -0.2) is 23.5 Å². The summed E-state index contributed by atoms with van der Waals surface area (Å²) in [7, 11) is 0. The van der Waals surface area contributed by atoms with E-state index in [0.29, 0.717) is 5.95 Å². The van der Waals surface area contributed by atoms with Crippen LogP contribution in [-0.4, -0.2) is 44.4 Å². The standard InChI is InChI=1S/C22H22F2N6O2/c1-12(23)18-10-32-22(31)30(18)19-7-8-25-21(28-19)27-13(2)20-17-5-3-14-9-15(24)4-6-16(14)29(17)11-26-20/h4,6-9,11-13,18H,3,5,10H2,1-2H3,(H,25,27,28)/t12-,13-,18+/m0/s1. The fraction of sp³-hybridized carbons (Fsp3) is 0.364. The summed E-state index contributed by atoms with van der Waals surface area (Å²) in [6, 6.07) is 5.36. The van der Waals surface area contributed by atoms with Gasteiger partial charge in [-0.3, -0.25) is 4.90 Å². The molecule has 1 N–H and O–H groups in total. The lowest BCUT2D eigenvalue weighted by molar-refractivity contribution is 0.174. The molecule has 10 heteroatoms. The van der Waals surface area contributed by atoms with Gasteiger partial charge < -0.3 is 14.6 Å². The number of nitrogens with zero attached hydrogens (tertiary/aromatic N) is 5. The molecule has 0 saturated carbocycles. The number of aryl methyl sites for hydroxylation is 1. The van der Waals surface area contributed by atoms with Gasteiger partial charge in [0.2, 0.25) is 5.95 Å². The smallest absolute Gasteiger partial charge is 0.416 e. The number of benzene rings is 1. The summed E-state index contributed by atoms with van der Waals surface area (Å²) >= 11 is 0. The first kappa shape index (κ1) is 20.3. The monoisotopic (exact) mass is 440 g/mol. The minimum atomic E-state index is -1.26. The minimum Gasteiger partial charge on any atom is -0.447 e. The van der Waals surface area contributed by atoms with Gasteiger partial charge in [0, 0.05) is 11.9 Å². The van der Waals surface area contributed by atoms with Crippen LogP contribution in [0.5, 0.6) is 0 Å². The molecule has 1 saturated heterocycles. The highest BCUT2D eigenvalue weighted by Gasteiger charge is 2.39. The van der Waals surface area contributed by atoms with Gasteiger partial charge >= 0.3 is 6.09 Å². The van der Waals surface area contributed by atoms with E-state index in [1.54, 1.807) is 24.5 Å². The molecule has 166 valence electrons. The number of carbonyl (C=O) groups excluding carboxylic acids is 1. The fourth-order valence-corrected chi connectivity index (χ4v) is 4.30. The molecule has 0 aliphatic carbocycles. The van der Waals surface area contributed by atoms with Crippen LogP contribution in [0.3, 0.4) is 0 Å². The Hall–Kier alpha value is -3.56. The first-order chi connectivity index (χ1) is 15.4. The Kier molecular flexibility index (Phi) is 4.99. The molecular formula is C22H22F2N6O2. The second-order valence-electron chi connectivity index (χ2n) is 8.02. The third kappa shape index (κ3) is 3.45. The van der Waals surface area contributed by atoms with Gasteiger partial charge in [0.25, 0.3) is 0 Å². The van der Waals surface area contributed by atoms with Crippen LogP contribution in [0.2, 0.25) is 0 Å². The Bertz CT molecular complexity index is 1180. The van der Waals surface area contributed by atoms with Crippen LogP contribution in [-0.2, 0) is 17.6 Å². The van der Waals surface area contributed by atoms with Crippen LogP contribution < -0.4 is 10.2 Å². The molecule has 0 unspecified atom stereocenters. The molecular weight excluding hydrogens is 418 g/mol. The molecule has 4 heterocycles. The zero-order valence-electron chi connectivity index (χ0n) is 17.6. The summed E-state index contributed by atoms with van der Waals surface area (Å²) in [4.78, 5) is 26.6. The molecule has 32 heavy (non-hydrogen) atoms. The lowest BCUT2D eigenvalue weighted by Gasteiger charge is -2.23. The van der Waals surface area contributed by atoms with Gasteiger partial charge in [0.05, 0.1) is 23.8 Å². The molecule has 0 radical (unpaired) electrons. The van der Waals surface area contributed by atoms with E-state index in [2.05, 4.69) is 20.3 Å². The molecule has 2 aromatic heterocycles. The van der Waals surface area contributed by atoms with E-state index in [1.165, 1.54) is 24.1 Å². The van der Waals surface area contributed by atoms with Gasteiger partial charge in [-0.15, -0.1) is 0 Å². The molecule has 3 atom stereocenters. The average molecular weight is 440 g/mol. The van der Waals surface area contributed by atoms with Crippen LogP contribution in [0, 0.1) is 5.82 Å². The maximum atomic E-state index is 13.9. The van der Waals surface area contributed by atoms with Crippen molar-refractivity contribution in [3.63, 3.8) is 0 Å². The quantitative estimate of drug-likeness (QED) is 0.650. The Morgan fingerprint density at radius 2 is 2.06 bits per heavy atom. The highest BCUT2D eigenvalue weighted by atomic mass is 19.1. The van der Waals surface area contributed by atoms with Crippen molar-refractivity contribution in [2.45, 2.75) is 44.9 Å². The van der Waals surface area contributed by atoms with Crippen molar-refractivity contribution >= 4 is 17.9 Å². The van der Waals surface area contributed by atoms with Crippen LogP contribution in [0.4, 0.5) is 25.3 Å². The van der Waals surface area contributed by atoms with Gasteiger partial charge in [-0.1, -0.05) is 0 Å². The van der Waals surface area contributed by atoms with Crippen LogP contribution in [0.15, 0.2) is 36.8 Å². The van der Waals surface area contributed by atoms with Crippen molar-refractivity contribution in [2.75, 3.05) is 16.8 Å². The minimum absolute atomic E-state index is 0.0220. The largest absolute Gasteiger partial charge is 0.447 e. The number of carbonyl (C=O) groups is 1. The van der Waals surface area contributed by atoms with E-state index in [0.717, 1.165) is 35.5 Å². The van der Waals surface area contributed by atoms with Crippen molar-refractivity contribution in [2.24, 2.45) is 0 Å². The number of alkyl halides is 1. The zero-order valence-corrected chi connectivity index (χ0v) is 17.6. The predicted octanol–water partition coefficient (Wildman–Crippen LogP) is 3.76. The molecule has 5 rings (SSSR count). The number of anilines is 2. The van der Waals surface area contributed by atoms with Gasteiger partial charge in [0.1, 0.15) is 30.5 Å². The molecule has 2 aliphatic heterocycles. The van der Waals surface area contributed by atoms with Crippen LogP contribution in [0.25, 0.3) is 5.69 Å². The van der Waals surface area contributed by atoms with Crippen molar-refractivity contribution in [3.8, 4) is 5.69 Å². The van der Waals surface area contributed by atoms with Crippen molar-refractivity contribution in [1.82, 2.24) is 19.5 Å². The first-order valence-electron chi connectivity index (χ1n) is 10.5. The predicted molar refractivity (Wildman–Crippen MR) is 113 cm³/mol. The molecule has 1 aromatic carbocycles. The Morgan fingerprint density at radius 1 is 1.22 bits per heavy atom. The molecule has 1 fully saturated rings. The number of ether oxygens (including phenoxy) is 1. The second-order valence-corrected chi connectivity index (χ2v) is 8.02. The van der Waals surface area contributed by atoms with E-state index in [1.807, 2.05) is 11.5 Å². The second kappa shape index (κ2) is 7.85. The van der Waals surface area contributed by atoms with Crippen molar-refractivity contribution in [1.29, 1.82) is 0 Å². The van der Waals surface area contributed by atoms with Gasteiger partial charge in [-0.05, 0) is 56.5 Å². The summed E-state index contributed by atoms with van der Waals surface area (Å²) in [5.74, 6) is 0.320. The summed E-state index contributed by atoms with van der Waals surface area (Å²) in [6.07, 6.45) is 2.81. The number of hydrogen-bond donors (Lipinski definition) is 1. The van der Waals surface area contributed by atoms with Crippen molar-refractivity contribution in [3.05, 3.63) is 59.6 Å². The first-order valence-corrected chi connectivity index (χ1v) is 10.5. The van der Waals surface area contributed by atoms with E-state index >= 15 is 0 Å². The molecule has 8 nitrogen and oxygen atoms in total. The summed E-state index contributed by atoms with van der Waals surface area (Å²) in [5.41, 5.74) is 3.75. The topological polar surface area (TPSA) is 85.2 Å². The molecule has 1 amide bonds. The summed E-state index contributed by atoms with van der Waals surface area (Å²) < 4.78 is 34.5. The number of hydrogen-bond acceptors (Lipinski definition) is 6. The van der Waals surface area contributed by atoms with Crippen LogP contribution in [0.1, 0.15) is 36.8 Å². The Labute approximate surface area is 183 Å². The third-order valence-corrected chi connectivity index (χ3v) is 5.91. The fourth-order valence-electron chi connectivity index (χ4n) is 4.30. The molecule has 3 aromatic rings. The number of aromatic nitrogens is 4. The van der Waals surface area contributed by atoms with Gasteiger partial charge in [-0.2, -0.15) is 4.98 Å². The highest BCUT2D eigenvalue weighted by molar-refractivity contribution is 5.89. The Morgan fingerprint density at radius 3 is 2.88 bits per heavy atom. The summed E-state index contributed by atoms with van der Waals surface area (Å²) in [5, 5.41) is 3.22. The van der Waals surface area contributed by atoms with Gasteiger partial charge in [0.15, 0.2) is 0 Å². The van der Waals surface area contributed by atoms with E-state index in [4.69, 9.17) is 4.74 Å². The average Bonchev–Trinajstić information content (AvgIpc) is 3.37.